The highest BCUT2D eigenvalue weighted by Gasteiger charge is 2.33. The van der Waals surface area contributed by atoms with Gasteiger partial charge in [0.15, 0.2) is 5.13 Å². The highest BCUT2D eigenvalue weighted by atomic mass is 32.2. The van der Waals surface area contributed by atoms with Crippen molar-refractivity contribution in [2.75, 3.05) is 31.8 Å². The Morgan fingerprint density at radius 3 is 2.62 bits per heavy atom. The monoisotopic (exact) mass is 491 g/mol. The number of benzene rings is 2. The summed E-state index contributed by atoms with van der Waals surface area (Å²) in [6, 6.07) is 10.9. The fourth-order valence-corrected chi connectivity index (χ4v) is 7.41. The predicted octanol–water partition coefficient (Wildman–Crippen LogP) is 4.37. The van der Waals surface area contributed by atoms with E-state index in [0.29, 0.717) is 41.7 Å². The first-order valence-corrected chi connectivity index (χ1v) is 13.7. The second-order valence-electron chi connectivity index (χ2n) is 7.60. The highest BCUT2D eigenvalue weighted by Crippen LogP contribution is 2.35. The number of nitrogens with one attached hydrogen (secondary N) is 1. The standard InChI is InChI=1S/C22H25N3O4S3/c1-14-8-9-16(29-2)19-20(14)31-22(23-19)24-21(26)15-10-12-25(13-11-15)32(27,28)18-7-5-4-6-17(18)30-3/h4-9,15H,10-13H2,1-3H3,(H,23,24,26). The summed E-state index contributed by atoms with van der Waals surface area (Å²) >= 11 is 2.83. The average Bonchev–Trinajstić information content (AvgIpc) is 3.24. The summed E-state index contributed by atoms with van der Waals surface area (Å²) in [7, 11) is -1.99. The molecular weight excluding hydrogens is 466 g/mol. The number of fused-ring (bicyclic) bond motifs is 1. The van der Waals surface area contributed by atoms with Crippen LogP contribution in [0.3, 0.4) is 0 Å². The van der Waals surface area contributed by atoms with E-state index in [1.807, 2.05) is 37.4 Å². The van der Waals surface area contributed by atoms with Crippen molar-refractivity contribution in [2.45, 2.75) is 29.6 Å². The van der Waals surface area contributed by atoms with Crippen molar-refractivity contribution in [3.63, 3.8) is 0 Å². The third kappa shape index (κ3) is 4.36. The molecule has 0 atom stereocenters. The molecule has 10 heteroatoms. The molecule has 0 spiro atoms. The van der Waals surface area contributed by atoms with Gasteiger partial charge in [-0.05, 0) is 49.8 Å². The zero-order valence-corrected chi connectivity index (χ0v) is 20.6. The molecule has 170 valence electrons. The number of anilines is 1. The topological polar surface area (TPSA) is 88.6 Å². The maximum Gasteiger partial charge on any atom is 0.244 e. The summed E-state index contributed by atoms with van der Waals surface area (Å²) in [6.07, 6.45) is 2.81. The molecule has 0 bridgehead atoms. The molecule has 0 radical (unpaired) electrons. The first-order chi connectivity index (χ1) is 15.3. The Morgan fingerprint density at radius 1 is 1.22 bits per heavy atom. The number of ether oxygens (including phenoxy) is 1. The fraction of sp³-hybridized carbons (Fsp3) is 0.364. The van der Waals surface area contributed by atoms with E-state index in [2.05, 4.69) is 10.3 Å². The summed E-state index contributed by atoms with van der Waals surface area (Å²) in [5.41, 5.74) is 1.81. The van der Waals surface area contributed by atoms with E-state index >= 15 is 0 Å². The largest absolute Gasteiger partial charge is 0.494 e. The predicted molar refractivity (Wildman–Crippen MR) is 129 cm³/mol. The molecule has 1 aliphatic heterocycles. The van der Waals surface area contributed by atoms with Gasteiger partial charge in [0.1, 0.15) is 11.3 Å². The van der Waals surface area contributed by atoms with Crippen molar-refractivity contribution in [3.05, 3.63) is 42.0 Å². The average molecular weight is 492 g/mol. The Bertz CT molecular complexity index is 1250. The number of nitrogens with zero attached hydrogens (tertiary/aromatic N) is 2. The number of piperidine rings is 1. The number of carbonyl (C=O) groups is 1. The van der Waals surface area contributed by atoms with E-state index in [1.165, 1.54) is 27.4 Å². The van der Waals surface area contributed by atoms with Crippen LogP contribution in [0, 0.1) is 12.8 Å². The zero-order chi connectivity index (χ0) is 22.9. The van der Waals surface area contributed by atoms with Crippen molar-refractivity contribution in [3.8, 4) is 5.75 Å². The van der Waals surface area contributed by atoms with Crippen LogP contribution in [0.1, 0.15) is 18.4 Å². The number of hydrogen-bond acceptors (Lipinski definition) is 7. The minimum atomic E-state index is -3.59. The van der Waals surface area contributed by atoms with Crippen LogP contribution >= 0.6 is 23.1 Å². The molecule has 32 heavy (non-hydrogen) atoms. The van der Waals surface area contributed by atoms with Crippen LogP contribution in [0.4, 0.5) is 5.13 Å². The van der Waals surface area contributed by atoms with E-state index in [1.54, 1.807) is 19.2 Å². The smallest absolute Gasteiger partial charge is 0.244 e. The summed E-state index contributed by atoms with van der Waals surface area (Å²) in [5, 5.41) is 3.45. The lowest BCUT2D eigenvalue weighted by Crippen LogP contribution is -2.41. The molecule has 2 heterocycles. The normalized spacial score (nSPS) is 15.7. The maximum atomic E-state index is 13.1. The molecule has 1 saturated heterocycles. The summed E-state index contributed by atoms with van der Waals surface area (Å²) in [4.78, 5) is 18.5. The Labute approximate surface area is 196 Å². The summed E-state index contributed by atoms with van der Waals surface area (Å²) < 4.78 is 34.1. The van der Waals surface area contributed by atoms with Gasteiger partial charge >= 0.3 is 0 Å². The first kappa shape index (κ1) is 23.0. The number of aryl methyl sites for hydroxylation is 1. The number of hydrogen-bond donors (Lipinski definition) is 1. The minimum absolute atomic E-state index is 0.123. The Hall–Kier alpha value is -2.14. The molecule has 0 unspecified atom stereocenters. The Morgan fingerprint density at radius 2 is 1.94 bits per heavy atom. The number of methoxy groups -OCH3 is 1. The summed E-state index contributed by atoms with van der Waals surface area (Å²) in [5.74, 6) is 0.292. The van der Waals surface area contributed by atoms with E-state index in [-0.39, 0.29) is 11.8 Å². The van der Waals surface area contributed by atoms with E-state index < -0.39 is 10.0 Å². The molecule has 0 aliphatic carbocycles. The number of thiazole rings is 1. The Balaban J connectivity index is 1.44. The van der Waals surface area contributed by atoms with Gasteiger partial charge in [-0.1, -0.05) is 29.5 Å². The lowest BCUT2D eigenvalue weighted by atomic mass is 9.97. The van der Waals surface area contributed by atoms with Crippen molar-refractivity contribution in [2.24, 2.45) is 5.92 Å². The second kappa shape index (κ2) is 9.38. The SMILES string of the molecule is COc1ccc(C)c2sc(NC(=O)C3CCN(S(=O)(=O)c4ccccc4SC)CC3)nc12. The van der Waals surface area contributed by atoms with Gasteiger partial charge in [0, 0.05) is 23.9 Å². The molecule has 7 nitrogen and oxygen atoms in total. The number of sulfonamides is 1. The van der Waals surface area contributed by atoms with E-state index in [9.17, 15) is 13.2 Å². The number of thioether (sulfide) groups is 1. The summed E-state index contributed by atoms with van der Waals surface area (Å²) in [6.45, 7) is 2.63. The van der Waals surface area contributed by atoms with E-state index in [0.717, 1.165) is 20.7 Å². The molecule has 1 aliphatic rings. The molecule has 1 amide bonds. The van der Waals surface area contributed by atoms with Crippen LogP contribution in [0.5, 0.6) is 5.75 Å². The molecule has 4 rings (SSSR count). The molecule has 1 aromatic heterocycles. The lowest BCUT2D eigenvalue weighted by molar-refractivity contribution is -0.120. The van der Waals surface area contributed by atoms with Gasteiger partial charge in [0.05, 0.1) is 16.7 Å². The van der Waals surface area contributed by atoms with Crippen molar-refractivity contribution in [1.82, 2.24) is 9.29 Å². The van der Waals surface area contributed by atoms with Crippen LogP contribution in [0.25, 0.3) is 10.2 Å². The lowest BCUT2D eigenvalue weighted by Gasteiger charge is -2.30. The molecular formula is C22H25N3O4S3. The van der Waals surface area contributed by atoms with Gasteiger partial charge < -0.3 is 10.1 Å². The number of aromatic nitrogens is 1. The number of rotatable bonds is 6. The van der Waals surface area contributed by atoms with E-state index in [4.69, 9.17) is 4.74 Å². The van der Waals surface area contributed by atoms with Crippen LogP contribution in [0.2, 0.25) is 0 Å². The van der Waals surface area contributed by atoms with Gasteiger partial charge in [0.2, 0.25) is 15.9 Å². The third-order valence-corrected chi connectivity index (χ3v) is 9.65. The molecule has 1 fully saturated rings. The van der Waals surface area contributed by atoms with Gasteiger partial charge in [0.25, 0.3) is 0 Å². The second-order valence-corrected chi connectivity index (χ2v) is 11.4. The highest BCUT2D eigenvalue weighted by molar-refractivity contribution is 7.99. The minimum Gasteiger partial charge on any atom is -0.494 e. The van der Waals surface area contributed by atoms with Crippen molar-refractivity contribution in [1.29, 1.82) is 0 Å². The molecule has 3 aromatic rings. The van der Waals surface area contributed by atoms with Gasteiger partial charge in [-0.2, -0.15) is 4.31 Å². The van der Waals surface area contributed by atoms with Gasteiger partial charge in [-0.15, -0.1) is 11.8 Å². The first-order valence-electron chi connectivity index (χ1n) is 10.2. The number of amides is 1. The van der Waals surface area contributed by atoms with Crippen molar-refractivity contribution >= 4 is 54.4 Å². The quantitative estimate of drug-likeness (QED) is 0.515. The molecule has 1 N–H and O–H groups in total. The van der Waals surface area contributed by atoms with Crippen LogP contribution < -0.4 is 10.1 Å². The molecule has 2 aromatic carbocycles. The Kier molecular flexibility index (Phi) is 6.75. The maximum absolute atomic E-state index is 13.1. The van der Waals surface area contributed by atoms with Crippen LogP contribution in [-0.2, 0) is 14.8 Å². The van der Waals surface area contributed by atoms with Gasteiger partial charge in [-0.25, -0.2) is 13.4 Å². The third-order valence-electron chi connectivity index (χ3n) is 5.67. The fourth-order valence-electron chi connectivity index (χ4n) is 3.86. The van der Waals surface area contributed by atoms with Gasteiger partial charge in [-0.3, -0.25) is 4.79 Å². The van der Waals surface area contributed by atoms with Crippen LogP contribution in [0.15, 0.2) is 46.2 Å². The number of carbonyl (C=O) groups excluding carboxylic acids is 1. The van der Waals surface area contributed by atoms with Crippen molar-refractivity contribution < 1.29 is 17.9 Å². The van der Waals surface area contributed by atoms with Crippen LogP contribution in [-0.4, -0.2) is 50.1 Å². The zero-order valence-electron chi connectivity index (χ0n) is 18.1. The molecule has 0 saturated carbocycles.